The smallest absolute Gasteiger partial charge is 0.376 e. The molecule has 2 atom stereocenters. The van der Waals surface area contributed by atoms with Crippen LogP contribution in [0.1, 0.15) is 20.8 Å². The van der Waals surface area contributed by atoms with Gasteiger partial charge >= 0.3 is 8.80 Å². The Labute approximate surface area is 135 Å². The molecule has 0 aromatic carbocycles. The summed E-state index contributed by atoms with van der Waals surface area (Å²) in [4.78, 5) is 0. The molecule has 2 unspecified atom stereocenters. The van der Waals surface area contributed by atoms with Crippen LogP contribution in [0, 0.1) is 0 Å². The fourth-order valence-corrected chi connectivity index (χ4v) is 4.07. The molecule has 0 aliphatic carbocycles. The molecule has 0 bridgehead atoms. The van der Waals surface area contributed by atoms with Crippen LogP contribution in [-0.2, 0) is 27.5 Å². The number of hydrogen-bond acceptors (Lipinski definition) is 6. The lowest BCUT2D eigenvalue weighted by Crippen LogP contribution is -2.45. The van der Waals surface area contributed by atoms with Crippen molar-refractivity contribution in [3.63, 3.8) is 0 Å². The van der Waals surface area contributed by atoms with Crippen molar-refractivity contribution in [1.29, 1.82) is 0 Å². The summed E-state index contributed by atoms with van der Waals surface area (Å²) in [5, 5.41) is 0. The van der Waals surface area contributed by atoms with Gasteiger partial charge in [-0.15, -0.1) is 6.58 Å². The third kappa shape index (κ3) is 8.99. The van der Waals surface area contributed by atoms with Crippen LogP contribution in [0.5, 0.6) is 0 Å². The minimum absolute atomic E-state index is 0.392. The van der Waals surface area contributed by atoms with Gasteiger partial charge in [0, 0.05) is 25.9 Å². The largest absolute Gasteiger partial charge is 0.504 e. The molecule has 0 radical (unpaired) electrons. The predicted molar refractivity (Wildman–Crippen MR) is 85.9 cm³/mol. The quantitative estimate of drug-likeness (QED) is 0.309. The van der Waals surface area contributed by atoms with Gasteiger partial charge in [0.15, 0.2) is 0 Å². The molecule has 0 N–H and O–H groups in total. The Morgan fingerprint density at radius 2 is 1.36 bits per heavy atom. The van der Waals surface area contributed by atoms with E-state index in [4.69, 9.17) is 27.5 Å². The van der Waals surface area contributed by atoms with Gasteiger partial charge in [-0.25, -0.2) is 0 Å². The molecule has 2 saturated heterocycles. The van der Waals surface area contributed by atoms with Crippen molar-refractivity contribution in [1.82, 2.24) is 0 Å². The van der Waals surface area contributed by atoms with Gasteiger partial charge in [0.2, 0.25) is 0 Å². The van der Waals surface area contributed by atoms with E-state index in [0.29, 0.717) is 38.1 Å². The topological polar surface area (TPSA) is 62.0 Å². The van der Waals surface area contributed by atoms with Gasteiger partial charge in [0.05, 0.1) is 26.4 Å². The first-order valence-electron chi connectivity index (χ1n) is 8.03. The maximum Gasteiger partial charge on any atom is 0.504 e. The Balaban J connectivity index is 0.000000231. The van der Waals surface area contributed by atoms with Gasteiger partial charge in [0.1, 0.15) is 12.2 Å². The van der Waals surface area contributed by atoms with Crippen molar-refractivity contribution < 1.29 is 27.5 Å². The van der Waals surface area contributed by atoms with Crippen LogP contribution in [-0.4, -0.2) is 67.3 Å². The lowest BCUT2D eigenvalue weighted by molar-refractivity contribution is 0.0743. The first kappa shape index (κ1) is 19.8. The normalized spacial score (nSPS) is 22.7. The summed E-state index contributed by atoms with van der Waals surface area (Å²) >= 11 is 0. The van der Waals surface area contributed by atoms with E-state index in [1.165, 1.54) is 0 Å². The van der Waals surface area contributed by atoms with E-state index in [0.717, 1.165) is 26.4 Å². The van der Waals surface area contributed by atoms with Crippen LogP contribution in [0.15, 0.2) is 12.7 Å². The minimum atomic E-state index is -2.41. The van der Waals surface area contributed by atoms with E-state index < -0.39 is 8.80 Å². The minimum Gasteiger partial charge on any atom is -0.376 e. The Kier molecular flexibility index (Phi) is 10.1. The highest BCUT2D eigenvalue weighted by Crippen LogP contribution is 2.16. The molecule has 2 aliphatic rings. The number of ether oxygens (including phenoxy) is 3. The second kappa shape index (κ2) is 11.3. The lowest BCUT2D eigenvalue weighted by atomic mass is 10.5. The van der Waals surface area contributed by atoms with Crippen molar-refractivity contribution in [2.24, 2.45) is 0 Å². The standard InChI is InChI=1S/C9H20O3Si.C6H10O3/c1-5-9-13(10-6-2,11-7-3)12-8-4;1(5-3-8-5)7-2-6-4-9-6/h5H,1,6-9H2,2-4H3;5-6H,1-4H2. The molecule has 2 heterocycles. The number of hydrogen-bond donors (Lipinski definition) is 0. The van der Waals surface area contributed by atoms with Gasteiger partial charge in [-0.3, -0.25) is 0 Å². The van der Waals surface area contributed by atoms with E-state index in [1.807, 2.05) is 20.8 Å². The number of rotatable bonds is 12. The summed E-state index contributed by atoms with van der Waals surface area (Å²) in [6.45, 7) is 14.7. The van der Waals surface area contributed by atoms with E-state index in [1.54, 1.807) is 6.08 Å². The zero-order chi connectivity index (χ0) is 16.3. The molecule has 22 heavy (non-hydrogen) atoms. The van der Waals surface area contributed by atoms with Crippen molar-refractivity contribution in [3.05, 3.63) is 12.7 Å². The van der Waals surface area contributed by atoms with Crippen LogP contribution in [0.25, 0.3) is 0 Å². The summed E-state index contributed by atoms with van der Waals surface area (Å²) in [6, 6.07) is 0.683. The highest BCUT2D eigenvalue weighted by atomic mass is 28.4. The predicted octanol–water partition coefficient (Wildman–Crippen LogP) is 2.02. The Morgan fingerprint density at radius 3 is 1.64 bits per heavy atom. The van der Waals surface area contributed by atoms with Crippen LogP contribution in [0.3, 0.4) is 0 Å². The summed E-state index contributed by atoms with van der Waals surface area (Å²) in [5.41, 5.74) is 0. The second-order valence-corrected chi connectivity index (χ2v) is 7.56. The van der Waals surface area contributed by atoms with E-state index in [-0.39, 0.29) is 0 Å². The summed E-state index contributed by atoms with van der Waals surface area (Å²) < 4.78 is 31.8. The zero-order valence-corrected chi connectivity index (χ0v) is 15.0. The first-order chi connectivity index (χ1) is 10.7. The molecule has 0 aromatic rings. The van der Waals surface area contributed by atoms with Crippen molar-refractivity contribution in [2.45, 2.75) is 39.0 Å². The fourth-order valence-electron chi connectivity index (χ4n) is 1.80. The van der Waals surface area contributed by atoms with Gasteiger partial charge in [-0.2, -0.15) is 0 Å². The summed E-state index contributed by atoms with van der Waals surface area (Å²) in [7, 11) is -2.41. The molecule has 2 aliphatic heterocycles. The molecule has 6 nitrogen and oxygen atoms in total. The lowest BCUT2D eigenvalue weighted by Gasteiger charge is -2.27. The fraction of sp³-hybridized carbons (Fsp3) is 0.867. The van der Waals surface area contributed by atoms with Crippen LogP contribution < -0.4 is 0 Å². The molecule has 2 fully saturated rings. The van der Waals surface area contributed by atoms with Crippen molar-refractivity contribution in [2.75, 3.05) is 46.2 Å². The van der Waals surface area contributed by atoms with Gasteiger partial charge in [-0.05, 0) is 20.8 Å². The average Bonchev–Trinajstić information content (AvgIpc) is 3.36. The highest BCUT2D eigenvalue weighted by molar-refractivity contribution is 6.61. The molecule has 2 rings (SSSR count). The maximum atomic E-state index is 5.57. The molecule has 0 amide bonds. The first-order valence-corrected chi connectivity index (χ1v) is 9.96. The van der Waals surface area contributed by atoms with Crippen LogP contribution in [0.4, 0.5) is 0 Å². The second-order valence-electron chi connectivity index (χ2n) is 4.92. The Hall–Kier alpha value is -0.283. The van der Waals surface area contributed by atoms with Crippen molar-refractivity contribution >= 4 is 8.80 Å². The van der Waals surface area contributed by atoms with Crippen LogP contribution in [0.2, 0.25) is 6.04 Å². The summed E-state index contributed by atoms with van der Waals surface area (Å²) in [6.07, 6.45) is 2.58. The molecule has 0 spiro atoms. The van der Waals surface area contributed by atoms with Crippen molar-refractivity contribution in [3.8, 4) is 0 Å². The summed E-state index contributed by atoms with van der Waals surface area (Å²) in [5.74, 6) is 0. The maximum absolute atomic E-state index is 5.57. The third-order valence-electron chi connectivity index (χ3n) is 2.90. The van der Waals surface area contributed by atoms with Crippen LogP contribution >= 0.6 is 0 Å². The SMILES string of the molecule is C(OCC1CO1)C1CO1.C=CC[Si](OCC)(OCC)OCC. The monoisotopic (exact) mass is 334 g/mol. The Morgan fingerprint density at radius 1 is 0.955 bits per heavy atom. The van der Waals surface area contributed by atoms with Gasteiger partial charge in [0.25, 0.3) is 0 Å². The molecular formula is C15H30O6Si. The van der Waals surface area contributed by atoms with Gasteiger partial charge in [-0.1, -0.05) is 6.08 Å². The number of allylic oxidation sites excluding steroid dienone is 1. The number of epoxide rings is 2. The molecule has 7 heteroatoms. The molecule has 0 aromatic heterocycles. The molecule has 0 saturated carbocycles. The Bertz CT molecular complexity index is 265. The van der Waals surface area contributed by atoms with E-state index in [2.05, 4.69) is 6.58 Å². The van der Waals surface area contributed by atoms with E-state index >= 15 is 0 Å². The van der Waals surface area contributed by atoms with Gasteiger partial charge < -0.3 is 27.5 Å². The third-order valence-corrected chi connectivity index (χ3v) is 5.87. The highest BCUT2D eigenvalue weighted by Gasteiger charge is 2.38. The molecular weight excluding hydrogens is 304 g/mol. The van der Waals surface area contributed by atoms with E-state index in [9.17, 15) is 0 Å². The average molecular weight is 334 g/mol. The molecule has 130 valence electrons. The zero-order valence-electron chi connectivity index (χ0n) is 14.0.